The number of benzene rings is 1. The van der Waals surface area contributed by atoms with Crippen LogP contribution >= 0.6 is 0 Å². The van der Waals surface area contributed by atoms with Crippen molar-refractivity contribution in [2.45, 2.75) is 40.8 Å². The van der Waals surface area contributed by atoms with E-state index in [1.54, 1.807) is 21.9 Å². The Morgan fingerprint density at radius 1 is 1.09 bits per heavy atom. The van der Waals surface area contributed by atoms with Gasteiger partial charge < -0.3 is 20.3 Å². The Morgan fingerprint density at radius 2 is 1.84 bits per heavy atom. The third-order valence-electron chi connectivity index (χ3n) is 6.20. The van der Waals surface area contributed by atoms with Crippen LogP contribution in [0.1, 0.15) is 38.7 Å². The van der Waals surface area contributed by atoms with Gasteiger partial charge in [0, 0.05) is 18.7 Å². The summed E-state index contributed by atoms with van der Waals surface area (Å²) in [5.74, 6) is 0.893. The van der Waals surface area contributed by atoms with Crippen LogP contribution in [0.2, 0.25) is 0 Å². The van der Waals surface area contributed by atoms with E-state index in [0.29, 0.717) is 47.6 Å². The average molecular weight is 432 g/mol. The van der Waals surface area contributed by atoms with Gasteiger partial charge in [-0.3, -0.25) is 9.36 Å². The van der Waals surface area contributed by atoms with Crippen molar-refractivity contribution >= 4 is 22.9 Å². The van der Waals surface area contributed by atoms with Gasteiger partial charge in [0.1, 0.15) is 29.0 Å². The zero-order chi connectivity index (χ0) is 22.7. The lowest BCUT2D eigenvalue weighted by Crippen LogP contribution is -2.38. The first-order valence-corrected chi connectivity index (χ1v) is 10.4. The highest BCUT2D eigenvalue weighted by atomic mass is 16.3. The van der Waals surface area contributed by atoms with Gasteiger partial charge in [0.15, 0.2) is 11.5 Å². The fourth-order valence-corrected chi connectivity index (χ4v) is 4.27. The molecule has 0 fully saturated rings. The zero-order valence-electron chi connectivity index (χ0n) is 18.4. The predicted octanol–water partition coefficient (Wildman–Crippen LogP) is 2.19. The Hall–Kier alpha value is -3.95. The summed E-state index contributed by atoms with van der Waals surface area (Å²) >= 11 is 0. The highest BCUT2D eigenvalue weighted by Crippen LogP contribution is 2.36. The van der Waals surface area contributed by atoms with Crippen molar-refractivity contribution in [3.63, 3.8) is 0 Å². The molecule has 5 rings (SSSR count). The summed E-state index contributed by atoms with van der Waals surface area (Å²) in [5.41, 5.74) is 11.6. The Bertz CT molecular complexity index is 1400. The molecule has 0 radical (unpaired) electrons. The Balaban J connectivity index is 1.75. The Morgan fingerprint density at radius 3 is 2.62 bits per heavy atom. The number of phenols is 1. The van der Waals surface area contributed by atoms with E-state index >= 15 is 0 Å². The van der Waals surface area contributed by atoms with Crippen LogP contribution in [0, 0.1) is 27.7 Å². The molecule has 0 bridgehead atoms. The second kappa shape index (κ2) is 7.04. The topological polar surface area (TPSA) is 128 Å². The molecular weight excluding hydrogens is 408 g/mol. The Labute approximate surface area is 184 Å². The van der Waals surface area contributed by atoms with Crippen LogP contribution in [0.25, 0.3) is 16.9 Å². The van der Waals surface area contributed by atoms with Crippen molar-refractivity contribution in [1.82, 2.24) is 34.2 Å². The molecule has 164 valence electrons. The molecule has 0 saturated heterocycles. The predicted molar refractivity (Wildman–Crippen MR) is 119 cm³/mol. The van der Waals surface area contributed by atoms with E-state index < -0.39 is 0 Å². The second-order valence-electron chi connectivity index (χ2n) is 8.20. The molecule has 1 aromatic carbocycles. The number of carbonyl (C=O) groups is 1. The van der Waals surface area contributed by atoms with Crippen LogP contribution in [-0.4, -0.2) is 51.8 Å². The van der Waals surface area contributed by atoms with Gasteiger partial charge in [0.05, 0.1) is 23.6 Å². The third kappa shape index (κ3) is 2.83. The molecule has 0 saturated carbocycles. The number of aryl methyl sites for hydroxylation is 3. The minimum atomic E-state index is -0.228. The summed E-state index contributed by atoms with van der Waals surface area (Å²) in [4.78, 5) is 24.9. The molecule has 1 aliphatic heterocycles. The van der Waals surface area contributed by atoms with Crippen LogP contribution in [0.3, 0.4) is 0 Å². The fraction of sp³-hybridized carbons (Fsp3) is 0.318. The molecule has 3 N–H and O–H groups in total. The fourth-order valence-electron chi connectivity index (χ4n) is 4.27. The first-order valence-electron chi connectivity index (χ1n) is 10.4. The summed E-state index contributed by atoms with van der Waals surface area (Å²) in [6.07, 6.45) is 1.67. The molecule has 4 heterocycles. The first-order chi connectivity index (χ1) is 15.3. The maximum atomic E-state index is 13.7. The maximum Gasteiger partial charge on any atom is 0.260 e. The highest BCUT2D eigenvalue weighted by molar-refractivity contribution is 6.10. The van der Waals surface area contributed by atoms with Gasteiger partial charge in [-0.1, -0.05) is 6.07 Å². The molecule has 0 atom stereocenters. The molecular formula is C22H24N8O2. The van der Waals surface area contributed by atoms with Crippen molar-refractivity contribution in [2.75, 3.05) is 12.3 Å². The van der Waals surface area contributed by atoms with Gasteiger partial charge >= 0.3 is 0 Å². The van der Waals surface area contributed by atoms with E-state index in [0.717, 1.165) is 22.8 Å². The number of anilines is 1. The van der Waals surface area contributed by atoms with Gasteiger partial charge in [-0.05, 0) is 39.3 Å². The van der Waals surface area contributed by atoms with Crippen molar-refractivity contribution in [3.8, 4) is 11.4 Å². The minimum absolute atomic E-state index is 0.145. The normalized spacial score (nSPS) is 13.6. The van der Waals surface area contributed by atoms with Gasteiger partial charge in [0.2, 0.25) is 0 Å². The van der Waals surface area contributed by atoms with Crippen molar-refractivity contribution in [3.05, 3.63) is 52.4 Å². The molecule has 4 aromatic rings. The number of amides is 1. The number of phenolic OH excluding ortho intramolecular Hbond substituents is 1. The number of aromatic nitrogens is 6. The highest BCUT2D eigenvalue weighted by Gasteiger charge is 2.31. The molecule has 1 amide bonds. The molecule has 0 spiro atoms. The van der Waals surface area contributed by atoms with Crippen LogP contribution in [0.5, 0.6) is 5.75 Å². The minimum Gasteiger partial charge on any atom is -0.508 e. The lowest BCUT2D eigenvalue weighted by Gasteiger charge is -2.27. The number of nitrogen functional groups attached to an aromatic ring is 1. The number of nitrogens with zero attached hydrogens (tertiary/aromatic N) is 7. The lowest BCUT2D eigenvalue weighted by molar-refractivity contribution is 0.0710. The van der Waals surface area contributed by atoms with E-state index in [2.05, 4.69) is 10.2 Å². The summed E-state index contributed by atoms with van der Waals surface area (Å²) in [5, 5.41) is 18.4. The van der Waals surface area contributed by atoms with E-state index in [4.69, 9.17) is 15.7 Å². The lowest BCUT2D eigenvalue weighted by atomic mass is 10.1. The Kier molecular flexibility index (Phi) is 4.40. The van der Waals surface area contributed by atoms with E-state index in [1.165, 1.54) is 0 Å². The number of carbonyl (C=O) groups excluding carboxylic acids is 1. The van der Waals surface area contributed by atoms with E-state index in [9.17, 15) is 9.90 Å². The molecule has 10 nitrogen and oxygen atoms in total. The second-order valence-corrected chi connectivity index (χ2v) is 8.20. The monoisotopic (exact) mass is 432 g/mol. The molecule has 0 aliphatic carbocycles. The van der Waals surface area contributed by atoms with E-state index in [1.807, 2.05) is 38.3 Å². The van der Waals surface area contributed by atoms with Crippen molar-refractivity contribution in [1.29, 1.82) is 0 Å². The summed E-state index contributed by atoms with van der Waals surface area (Å²) in [6, 6.07) is 3.46. The largest absolute Gasteiger partial charge is 0.508 e. The van der Waals surface area contributed by atoms with Gasteiger partial charge in [-0.15, -0.1) is 10.2 Å². The van der Waals surface area contributed by atoms with Crippen molar-refractivity contribution in [2.24, 2.45) is 0 Å². The number of hydrogen-bond donors (Lipinski definition) is 2. The number of nitrogens with two attached hydrogens (primary N) is 1. The first kappa shape index (κ1) is 20.0. The molecule has 10 heteroatoms. The van der Waals surface area contributed by atoms with Gasteiger partial charge in [-0.25, -0.2) is 9.97 Å². The third-order valence-corrected chi connectivity index (χ3v) is 6.20. The van der Waals surface area contributed by atoms with Gasteiger partial charge in [-0.2, -0.15) is 0 Å². The van der Waals surface area contributed by atoms with Crippen LogP contribution < -0.4 is 5.73 Å². The molecule has 32 heavy (non-hydrogen) atoms. The van der Waals surface area contributed by atoms with E-state index in [-0.39, 0.29) is 17.5 Å². The van der Waals surface area contributed by atoms with Crippen LogP contribution in [0.15, 0.2) is 18.5 Å². The number of rotatable bonds is 2. The standard InChI is InChI=1S/C22H24N8O2/c1-11-5-6-15(31)12(2)19(11)30-20(23)17(18-21(30)26-14(4)13(3)25-18)22(32)28-7-8-29-10-24-27-16(29)9-28/h5-6,10,31H,7-9,23H2,1-4H3. The number of aromatic hydroxyl groups is 1. The maximum absolute atomic E-state index is 13.7. The SMILES string of the molecule is Cc1ccc(O)c(C)c1-n1c(N)c(C(=O)N2CCn3cnnc3C2)c2nc(C)c(C)nc21. The molecule has 1 aliphatic rings. The molecule has 3 aromatic heterocycles. The number of hydrogen-bond acceptors (Lipinski definition) is 7. The molecule has 0 unspecified atom stereocenters. The smallest absolute Gasteiger partial charge is 0.260 e. The zero-order valence-corrected chi connectivity index (χ0v) is 18.4. The van der Waals surface area contributed by atoms with Crippen LogP contribution in [0.4, 0.5) is 5.82 Å². The summed E-state index contributed by atoms with van der Waals surface area (Å²) < 4.78 is 3.67. The van der Waals surface area contributed by atoms with Crippen LogP contribution in [-0.2, 0) is 13.1 Å². The summed E-state index contributed by atoms with van der Waals surface area (Å²) in [6.45, 7) is 8.94. The summed E-state index contributed by atoms with van der Waals surface area (Å²) in [7, 11) is 0. The average Bonchev–Trinajstić information content (AvgIpc) is 3.33. The quantitative estimate of drug-likeness (QED) is 0.497. The number of fused-ring (bicyclic) bond motifs is 2. The van der Waals surface area contributed by atoms with Crippen molar-refractivity contribution < 1.29 is 9.90 Å². The van der Waals surface area contributed by atoms with Gasteiger partial charge in [0.25, 0.3) is 5.91 Å².